The number of fused-ring (bicyclic) bond motifs is 1. The van der Waals surface area contributed by atoms with Gasteiger partial charge in [0.25, 0.3) is 0 Å². The van der Waals surface area contributed by atoms with Gasteiger partial charge in [0.2, 0.25) is 0 Å². The number of rotatable bonds is 3. The molecule has 2 N–H and O–H groups in total. The Labute approximate surface area is 147 Å². The van der Waals surface area contributed by atoms with E-state index in [2.05, 4.69) is 33.9 Å². The molecule has 1 atom stereocenters. The summed E-state index contributed by atoms with van der Waals surface area (Å²) < 4.78 is 2.12. The predicted octanol–water partition coefficient (Wildman–Crippen LogP) is 2.13. The average Bonchev–Trinajstić information content (AvgIpc) is 3.00. The van der Waals surface area contributed by atoms with E-state index in [9.17, 15) is 9.59 Å². The van der Waals surface area contributed by atoms with Gasteiger partial charge in [-0.2, -0.15) is 0 Å². The molecule has 1 saturated carbocycles. The van der Waals surface area contributed by atoms with Gasteiger partial charge in [0.1, 0.15) is 5.82 Å². The first-order valence-corrected chi connectivity index (χ1v) is 9.11. The van der Waals surface area contributed by atoms with Crippen LogP contribution in [0.25, 0.3) is 0 Å². The molecular weight excluding hydrogens is 322 g/mol. The van der Waals surface area contributed by atoms with E-state index in [1.807, 2.05) is 6.92 Å². The number of carboxylic acid groups (broad SMARTS) is 1. The lowest BCUT2D eigenvalue weighted by atomic mass is 9.86. The van der Waals surface area contributed by atoms with Gasteiger partial charge in [-0.05, 0) is 32.6 Å². The lowest BCUT2D eigenvalue weighted by molar-refractivity contribution is -0.142. The molecule has 0 bridgehead atoms. The van der Waals surface area contributed by atoms with Crippen LogP contribution in [0.4, 0.5) is 4.79 Å². The minimum atomic E-state index is -0.727. The van der Waals surface area contributed by atoms with Crippen molar-refractivity contribution in [3.05, 3.63) is 11.6 Å². The van der Waals surface area contributed by atoms with Crippen LogP contribution >= 0.6 is 0 Å². The number of nitrogens with one attached hydrogen (secondary N) is 1. The molecule has 3 rings (SSSR count). The maximum atomic E-state index is 12.7. The molecule has 1 aliphatic heterocycles. The summed E-state index contributed by atoms with van der Waals surface area (Å²) in [6.07, 6.45) is 2.70. The van der Waals surface area contributed by atoms with Gasteiger partial charge in [-0.15, -0.1) is 10.2 Å². The monoisotopic (exact) mass is 349 g/mol. The van der Waals surface area contributed by atoms with Gasteiger partial charge >= 0.3 is 12.0 Å². The maximum Gasteiger partial charge on any atom is 0.318 e. The van der Waals surface area contributed by atoms with Gasteiger partial charge in [0.15, 0.2) is 5.82 Å². The molecular formula is C17H27N5O3. The Hall–Kier alpha value is -2.12. The summed E-state index contributed by atoms with van der Waals surface area (Å²) in [5.41, 5.74) is 0. The quantitative estimate of drug-likeness (QED) is 0.871. The van der Waals surface area contributed by atoms with Gasteiger partial charge < -0.3 is 19.9 Å². The third-order valence-electron chi connectivity index (χ3n) is 5.39. The number of carbonyl (C=O) groups excluding carboxylic acids is 1. The number of urea groups is 1. The van der Waals surface area contributed by atoms with Gasteiger partial charge in [-0.3, -0.25) is 4.79 Å². The number of nitrogens with zero attached hydrogens (tertiary/aromatic N) is 4. The van der Waals surface area contributed by atoms with Crippen molar-refractivity contribution in [1.82, 2.24) is 25.0 Å². The minimum Gasteiger partial charge on any atom is -0.481 e. The highest BCUT2D eigenvalue weighted by atomic mass is 16.4. The SMILES string of the molecule is CC(C)c1nnc2n1CCN(C(=O)NC1CCC(C(=O)O)CC1)C2C. The molecule has 138 valence electrons. The third-order valence-corrected chi connectivity index (χ3v) is 5.39. The Bertz CT molecular complexity index is 649. The second-order valence-corrected chi connectivity index (χ2v) is 7.43. The smallest absolute Gasteiger partial charge is 0.318 e. The van der Waals surface area contributed by atoms with Crippen molar-refractivity contribution in [2.24, 2.45) is 5.92 Å². The van der Waals surface area contributed by atoms with Crippen molar-refractivity contribution in [2.45, 2.75) is 71.0 Å². The van der Waals surface area contributed by atoms with Gasteiger partial charge in [-0.1, -0.05) is 13.8 Å². The van der Waals surface area contributed by atoms with E-state index in [4.69, 9.17) is 5.11 Å². The predicted molar refractivity (Wildman–Crippen MR) is 91.1 cm³/mol. The topological polar surface area (TPSA) is 100 Å². The largest absolute Gasteiger partial charge is 0.481 e. The molecule has 1 aromatic heterocycles. The molecule has 1 aliphatic carbocycles. The average molecular weight is 349 g/mol. The second kappa shape index (κ2) is 7.01. The molecule has 0 saturated heterocycles. The molecule has 2 heterocycles. The number of carbonyl (C=O) groups is 2. The number of hydrogen-bond acceptors (Lipinski definition) is 4. The minimum absolute atomic E-state index is 0.0568. The Kier molecular flexibility index (Phi) is 4.96. The number of aromatic nitrogens is 3. The standard InChI is InChI=1S/C17H27N5O3/c1-10(2)14-19-20-15-11(3)21(8-9-22(14)15)17(25)18-13-6-4-12(5-7-13)16(23)24/h10-13H,4-9H2,1-3H3,(H,18,25)(H,23,24). The molecule has 8 heteroatoms. The fourth-order valence-electron chi connectivity index (χ4n) is 3.85. The summed E-state index contributed by atoms with van der Waals surface area (Å²) in [6.45, 7) is 7.50. The fraction of sp³-hybridized carbons (Fsp3) is 0.765. The van der Waals surface area contributed by atoms with Crippen LogP contribution in [0.5, 0.6) is 0 Å². The summed E-state index contributed by atoms with van der Waals surface area (Å²) in [6, 6.07) is -0.156. The fourth-order valence-corrected chi connectivity index (χ4v) is 3.85. The van der Waals surface area contributed by atoms with Gasteiger partial charge in [0, 0.05) is 25.0 Å². The Morgan fingerprint density at radius 3 is 2.44 bits per heavy atom. The van der Waals surface area contributed by atoms with E-state index in [1.54, 1.807) is 4.90 Å². The molecule has 8 nitrogen and oxygen atoms in total. The van der Waals surface area contributed by atoms with E-state index in [0.717, 1.165) is 24.5 Å². The van der Waals surface area contributed by atoms with Crippen LogP contribution in [0.1, 0.15) is 70.1 Å². The van der Waals surface area contributed by atoms with Crippen molar-refractivity contribution < 1.29 is 14.7 Å². The van der Waals surface area contributed by atoms with Crippen LogP contribution < -0.4 is 5.32 Å². The van der Waals surface area contributed by atoms with E-state index in [0.29, 0.717) is 31.8 Å². The maximum absolute atomic E-state index is 12.7. The van der Waals surface area contributed by atoms with E-state index >= 15 is 0 Å². The third kappa shape index (κ3) is 3.48. The normalized spacial score (nSPS) is 26.4. The Balaban J connectivity index is 1.61. The van der Waals surface area contributed by atoms with Crippen LogP contribution in [-0.4, -0.2) is 49.4 Å². The van der Waals surface area contributed by atoms with Gasteiger partial charge in [0.05, 0.1) is 12.0 Å². The highest BCUT2D eigenvalue weighted by Crippen LogP contribution is 2.28. The zero-order chi connectivity index (χ0) is 18.1. The lowest BCUT2D eigenvalue weighted by Crippen LogP contribution is -2.50. The molecule has 1 fully saturated rings. The molecule has 25 heavy (non-hydrogen) atoms. The summed E-state index contributed by atoms with van der Waals surface area (Å²) in [4.78, 5) is 25.5. The summed E-state index contributed by atoms with van der Waals surface area (Å²) >= 11 is 0. The highest BCUT2D eigenvalue weighted by Gasteiger charge is 2.33. The van der Waals surface area contributed by atoms with Crippen molar-refractivity contribution in [3.8, 4) is 0 Å². The summed E-state index contributed by atoms with van der Waals surface area (Å²) in [7, 11) is 0. The molecule has 1 aromatic rings. The van der Waals surface area contributed by atoms with Crippen molar-refractivity contribution in [3.63, 3.8) is 0 Å². The first-order chi connectivity index (χ1) is 11.9. The molecule has 0 aromatic carbocycles. The van der Waals surface area contributed by atoms with Crippen LogP contribution in [0.2, 0.25) is 0 Å². The highest BCUT2D eigenvalue weighted by molar-refractivity contribution is 5.75. The van der Waals surface area contributed by atoms with Crippen LogP contribution in [-0.2, 0) is 11.3 Å². The molecule has 1 unspecified atom stereocenters. The summed E-state index contributed by atoms with van der Waals surface area (Å²) in [5.74, 6) is 1.11. The van der Waals surface area contributed by atoms with Crippen molar-refractivity contribution >= 4 is 12.0 Å². The first kappa shape index (κ1) is 17.7. The van der Waals surface area contributed by atoms with E-state index < -0.39 is 5.97 Å². The Morgan fingerprint density at radius 2 is 1.84 bits per heavy atom. The summed E-state index contributed by atoms with van der Waals surface area (Å²) in [5, 5.41) is 20.7. The van der Waals surface area contributed by atoms with E-state index in [-0.39, 0.29) is 24.0 Å². The van der Waals surface area contributed by atoms with Crippen molar-refractivity contribution in [2.75, 3.05) is 6.54 Å². The number of amides is 2. The molecule has 0 spiro atoms. The zero-order valence-corrected chi connectivity index (χ0v) is 15.1. The van der Waals surface area contributed by atoms with Crippen LogP contribution in [0, 0.1) is 5.92 Å². The molecule has 2 amide bonds. The number of hydrogen-bond donors (Lipinski definition) is 2. The van der Waals surface area contributed by atoms with E-state index in [1.165, 1.54) is 0 Å². The van der Waals surface area contributed by atoms with Gasteiger partial charge in [-0.25, -0.2) is 4.79 Å². The molecule has 2 aliphatic rings. The zero-order valence-electron chi connectivity index (χ0n) is 15.1. The molecule has 0 radical (unpaired) electrons. The van der Waals surface area contributed by atoms with Crippen molar-refractivity contribution in [1.29, 1.82) is 0 Å². The Morgan fingerprint density at radius 1 is 1.16 bits per heavy atom. The lowest BCUT2D eigenvalue weighted by Gasteiger charge is -2.36. The number of aliphatic carboxylic acids is 1. The van der Waals surface area contributed by atoms with Crippen LogP contribution in [0.15, 0.2) is 0 Å². The second-order valence-electron chi connectivity index (χ2n) is 7.43. The first-order valence-electron chi connectivity index (χ1n) is 9.11. The van der Waals surface area contributed by atoms with Crippen LogP contribution in [0.3, 0.4) is 0 Å². The number of carboxylic acids is 1.